The van der Waals surface area contributed by atoms with Crippen LogP contribution >= 0.6 is 27.5 Å². The van der Waals surface area contributed by atoms with Crippen LogP contribution < -0.4 is 4.90 Å². The van der Waals surface area contributed by atoms with Crippen molar-refractivity contribution in [3.8, 4) is 11.4 Å². The number of rotatable bonds is 3. The highest BCUT2D eigenvalue weighted by Crippen LogP contribution is 2.35. The Morgan fingerprint density at radius 2 is 2.04 bits per heavy atom. The van der Waals surface area contributed by atoms with Gasteiger partial charge in [0.1, 0.15) is 11.6 Å². The van der Waals surface area contributed by atoms with Gasteiger partial charge in [-0.3, -0.25) is 4.79 Å². The van der Waals surface area contributed by atoms with E-state index in [4.69, 9.17) is 16.1 Å². The second kappa shape index (κ2) is 7.01. The Morgan fingerprint density at radius 1 is 1.22 bits per heavy atom. The first-order chi connectivity index (χ1) is 12.9. The summed E-state index contributed by atoms with van der Waals surface area (Å²) in [7, 11) is 0. The Kier molecular flexibility index (Phi) is 4.69. The third-order valence-corrected chi connectivity index (χ3v) is 5.22. The molecule has 0 aliphatic carbocycles. The zero-order valence-electron chi connectivity index (χ0n) is 13.6. The smallest absolute Gasteiger partial charge is 0.232 e. The van der Waals surface area contributed by atoms with Gasteiger partial charge in [-0.05, 0) is 52.3 Å². The molecule has 0 N–H and O–H groups in total. The van der Waals surface area contributed by atoms with E-state index in [2.05, 4.69) is 26.1 Å². The summed E-state index contributed by atoms with van der Waals surface area (Å²) in [6.07, 6.45) is 0.140. The number of hydrogen-bond donors (Lipinski definition) is 0. The molecule has 1 unspecified atom stereocenters. The Labute approximate surface area is 166 Å². The fourth-order valence-electron chi connectivity index (χ4n) is 2.95. The lowest BCUT2D eigenvalue weighted by atomic mass is 10.1. The molecule has 0 spiro atoms. The molecule has 27 heavy (non-hydrogen) atoms. The number of carbonyl (C=O) groups excluding carboxylic acids is 1. The molecule has 138 valence electrons. The number of hydrogen-bond acceptors (Lipinski definition) is 4. The third-order valence-electron chi connectivity index (χ3n) is 4.29. The van der Waals surface area contributed by atoms with Crippen molar-refractivity contribution in [1.82, 2.24) is 10.1 Å². The van der Waals surface area contributed by atoms with Crippen LogP contribution in [0.4, 0.5) is 14.5 Å². The maximum atomic E-state index is 13.5. The molecule has 1 fully saturated rings. The molecule has 0 saturated carbocycles. The first-order valence-corrected chi connectivity index (χ1v) is 9.14. The van der Waals surface area contributed by atoms with Crippen molar-refractivity contribution in [1.29, 1.82) is 0 Å². The molecule has 0 bridgehead atoms. The summed E-state index contributed by atoms with van der Waals surface area (Å²) in [5.41, 5.74) is 0.888. The van der Waals surface area contributed by atoms with Crippen LogP contribution in [0.3, 0.4) is 0 Å². The minimum absolute atomic E-state index is 0.140. The van der Waals surface area contributed by atoms with Crippen molar-refractivity contribution in [2.75, 3.05) is 11.4 Å². The van der Waals surface area contributed by atoms with Crippen LogP contribution in [0.1, 0.15) is 18.2 Å². The zero-order chi connectivity index (χ0) is 19.1. The quantitative estimate of drug-likeness (QED) is 0.562. The van der Waals surface area contributed by atoms with E-state index in [9.17, 15) is 13.6 Å². The van der Waals surface area contributed by atoms with Gasteiger partial charge < -0.3 is 9.42 Å². The van der Waals surface area contributed by atoms with Gasteiger partial charge in [-0.25, -0.2) is 8.78 Å². The molecule has 0 radical (unpaired) electrons. The summed E-state index contributed by atoms with van der Waals surface area (Å²) >= 11 is 9.21. The second-order valence-electron chi connectivity index (χ2n) is 6.09. The molecular formula is C18H11BrClF2N3O2. The van der Waals surface area contributed by atoms with Gasteiger partial charge in [-0.1, -0.05) is 16.8 Å². The van der Waals surface area contributed by atoms with Crippen molar-refractivity contribution in [3.63, 3.8) is 0 Å². The standard InChI is InChI=1S/C18H11BrClF2N3O2/c19-12-5-9(1-4-14(12)22)17-23-18(27-24-17)10-6-16(26)25(8-10)15-7-11(21)2-3-13(15)20/h1-5,7,10H,6,8H2. The van der Waals surface area contributed by atoms with Gasteiger partial charge in [0.15, 0.2) is 0 Å². The summed E-state index contributed by atoms with van der Waals surface area (Å²) in [6, 6.07) is 8.23. The fraction of sp³-hybridized carbons (Fsp3) is 0.167. The molecule has 3 aromatic rings. The normalized spacial score (nSPS) is 17.0. The van der Waals surface area contributed by atoms with Crippen molar-refractivity contribution in [2.24, 2.45) is 0 Å². The minimum Gasteiger partial charge on any atom is -0.339 e. The Balaban J connectivity index is 1.58. The third kappa shape index (κ3) is 3.46. The Hall–Kier alpha value is -2.32. The lowest BCUT2D eigenvalue weighted by Gasteiger charge is -2.17. The molecule has 2 aromatic carbocycles. The van der Waals surface area contributed by atoms with Crippen LogP contribution in [0.2, 0.25) is 5.02 Å². The number of nitrogens with zero attached hydrogens (tertiary/aromatic N) is 3. The van der Waals surface area contributed by atoms with E-state index >= 15 is 0 Å². The van der Waals surface area contributed by atoms with E-state index in [1.807, 2.05) is 0 Å². The van der Waals surface area contributed by atoms with E-state index in [0.717, 1.165) is 0 Å². The summed E-state index contributed by atoms with van der Waals surface area (Å²) < 4.78 is 32.5. The summed E-state index contributed by atoms with van der Waals surface area (Å²) in [5, 5.41) is 4.20. The highest BCUT2D eigenvalue weighted by atomic mass is 79.9. The summed E-state index contributed by atoms with van der Waals surface area (Å²) in [5.74, 6) is -0.855. The van der Waals surface area contributed by atoms with Gasteiger partial charge in [-0.15, -0.1) is 0 Å². The van der Waals surface area contributed by atoms with Crippen LogP contribution in [0, 0.1) is 11.6 Å². The SMILES string of the molecule is O=C1CC(c2nc(-c3ccc(F)c(Br)c3)no2)CN1c1cc(F)ccc1Cl. The highest BCUT2D eigenvalue weighted by Gasteiger charge is 2.36. The van der Waals surface area contributed by atoms with Crippen molar-refractivity contribution in [2.45, 2.75) is 12.3 Å². The second-order valence-corrected chi connectivity index (χ2v) is 7.35. The molecule has 4 rings (SSSR count). The zero-order valence-corrected chi connectivity index (χ0v) is 16.0. The highest BCUT2D eigenvalue weighted by molar-refractivity contribution is 9.10. The number of aromatic nitrogens is 2. The number of halogens is 4. The molecule has 5 nitrogen and oxygen atoms in total. The first kappa shape index (κ1) is 18.1. The Bertz CT molecular complexity index is 1040. The van der Waals surface area contributed by atoms with Gasteiger partial charge in [-0.2, -0.15) is 4.98 Å². The predicted molar refractivity (Wildman–Crippen MR) is 98.5 cm³/mol. The van der Waals surface area contributed by atoms with Gasteiger partial charge in [0.25, 0.3) is 0 Å². The molecule has 9 heteroatoms. The average molecular weight is 455 g/mol. The van der Waals surface area contributed by atoms with Gasteiger partial charge in [0.05, 0.1) is 21.1 Å². The number of benzene rings is 2. The van der Waals surface area contributed by atoms with E-state index in [0.29, 0.717) is 17.1 Å². The van der Waals surface area contributed by atoms with Crippen LogP contribution in [0.25, 0.3) is 11.4 Å². The summed E-state index contributed by atoms with van der Waals surface area (Å²) in [6.45, 7) is 0.247. The van der Waals surface area contributed by atoms with Crippen molar-refractivity contribution < 1.29 is 18.1 Å². The van der Waals surface area contributed by atoms with E-state index in [1.54, 1.807) is 6.07 Å². The molecular weight excluding hydrogens is 444 g/mol. The predicted octanol–water partition coefficient (Wildman–Crippen LogP) is 4.95. The number of anilines is 1. The van der Waals surface area contributed by atoms with Crippen molar-refractivity contribution >= 4 is 39.1 Å². The van der Waals surface area contributed by atoms with Gasteiger partial charge in [0.2, 0.25) is 17.6 Å². The number of carbonyl (C=O) groups is 1. The molecule has 1 aromatic heterocycles. The molecule has 1 aliphatic rings. The van der Waals surface area contributed by atoms with Gasteiger partial charge in [0, 0.05) is 18.5 Å². The molecule has 2 heterocycles. The largest absolute Gasteiger partial charge is 0.339 e. The average Bonchev–Trinajstić information content (AvgIpc) is 3.26. The first-order valence-electron chi connectivity index (χ1n) is 7.97. The van der Waals surface area contributed by atoms with Crippen LogP contribution in [-0.4, -0.2) is 22.6 Å². The van der Waals surface area contributed by atoms with Crippen LogP contribution in [0.5, 0.6) is 0 Å². The summed E-state index contributed by atoms with van der Waals surface area (Å²) in [4.78, 5) is 18.1. The van der Waals surface area contributed by atoms with E-state index < -0.39 is 11.6 Å². The minimum atomic E-state index is -0.479. The lowest BCUT2D eigenvalue weighted by molar-refractivity contribution is -0.117. The lowest BCUT2D eigenvalue weighted by Crippen LogP contribution is -2.24. The monoisotopic (exact) mass is 453 g/mol. The number of amides is 1. The van der Waals surface area contributed by atoms with Gasteiger partial charge >= 0.3 is 0 Å². The molecule has 1 aliphatic heterocycles. The molecule has 1 atom stereocenters. The van der Waals surface area contributed by atoms with Crippen LogP contribution in [-0.2, 0) is 4.79 Å². The molecule has 1 saturated heterocycles. The maximum Gasteiger partial charge on any atom is 0.232 e. The molecule has 1 amide bonds. The Morgan fingerprint density at radius 3 is 2.81 bits per heavy atom. The van der Waals surface area contributed by atoms with E-state index in [1.165, 1.54) is 35.2 Å². The maximum absolute atomic E-state index is 13.5. The van der Waals surface area contributed by atoms with Crippen LogP contribution in [0.15, 0.2) is 45.4 Å². The van der Waals surface area contributed by atoms with E-state index in [-0.39, 0.29) is 40.2 Å². The van der Waals surface area contributed by atoms with Crippen molar-refractivity contribution in [3.05, 3.63) is 63.4 Å². The topological polar surface area (TPSA) is 59.2 Å². The fourth-order valence-corrected chi connectivity index (χ4v) is 3.55.